The number of nitrogens with one attached hydrogen (secondary N) is 1. The molecule has 21 heavy (non-hydrogen) atoms. The Hall–Kier alpha value is -1.87. The summed E-state index contributed by atoms with van der Waals surface area (Å²) in [6.45, 7) is 7.94. The average Bonchev–Trinajstić information content (AvgIpc) is 2.54. The van der Waals surface area contributed by atoms with E-state index in [0.717, 1.165) is 17.0 Å². The third kappa shape index (κ3) is 4.87. The quantitative estimate of drug-likeness (QED) is 0.630. The van der Waals surface area contributed by atoms with Crippen molar-refractivity contribution in [3.8, 4) is 0 Å². The molecule has 3 nitrogen and oxygen atoms in total. The zero-order chi connectivity index (χ0) is 15.7. The van der Waals surface area contributed by atoms with Crippen LogP contribution in [0.3, 0.4) is 0 Å². The number of halogens is 1. The van der Waals surface area contributed by atoms with Crippen molar-refractivity contribution < 1.29 is 0 Å². The molecule has 0 fully saturated rings. The second kappa shape index (κ2) is 9.14. The smallest absolute Gasteiger partial charge is 0.199 e. The fraction of sp³-hybridized carbons (Fsp3) is 0.294. The fourth-order valence-corrected chi connectivity index (χ4v) is 2.02. The second-order valence-electron chi connectivity index (χ2n) is 4.05. The van der Waals surface area contributed by atoms with Crippen LogP contribution in [-0.2, 0) is 0 Å². The fourth-order valence-electron chi connectivity index (χ4n) is 1.83. The van der Waals surface area contributed by atoms with E-state index in [4.69, 9.17) is 11.6 Å². The first-order valence-corrected chi connectivity index (χ1v) is 7.55. The molecule has 1 aliphatic heterocycles. The first-order chi connectivity index (χ1) is 10.2. The van der Waals surface area contributed by atoms with Crippen molar-refractivity contribution in [3.63, 3.8) is 0 Å². The number of hydrogen-bond acceptors (Lipinski definition) is 3. The van der Waals surface area contributed by atoms with Crippen LogP contribution in [0.1, 0.15) is 39.4 Å². The van der Waals surface area contributed by atoms with Crippen LogP contribution in [0.25, 0.3) is 0 Å². The van der Waals surface area contributed by atoms with Crippen molar-refractivity contribution in [2.24, 2.45) is 9.98 Å². The van der Waals surface area contributed by atoms with Crippen LogP contribution < -0.4 is 5.32 Å². The highest BCUT2D eigenvalue weighted by atomic mass is 35.5. The summed E-state index contributed by atoms with van der Waals surface area (Å²) >= 11 is 6.06. The molecule has 1 unspecified atom stereocenters. The molecule has 4 heteroatoms. The Bertz CT molecular complexity index is 557. The topological polar surface area (TPSA) is 36.8 Å². The van der Waals surface area contributed by atoms with E-state index >= 15 is 0 Å². The van der Waals surface area contributed by atoms with Crippen LogP contribution in [0.5, 0.6) is 0 Å². The number of amidine groups is 2. The van der Waals surface area contributed by atoms with E-state index in [9.17, 15) is 0 Å². The summed E-state index contributed by atoms with van der Waals surface area (Å²) in [6.07, 6.45) is 5.66. The lowest BCUT2D eigenvalue weighted by atomic mass is 10.1. The molecule has 1 aromatic rings. The van der Waals surface area contributed by atoms with Crippen molar-refractivity contribution in [3.05, 3.63) is 59.7 Å². The van der Waals surface area contributed by atoms with E-state index < -0.39 is 0 Å². The Morgan fingerprint density at radius 1 is 1.14 bits per heavy atom. The van der Waals surface area contributed by atoms with Crippen molar-refractivity contribution >= 4 is 22.7 Å². The predicted octanol–water partition coefficient (Wildman–Crippen LogP) is 4.83. The summed E-state index contributed by atoms with van der Waals surface area (Å²) in [5, 5.41) is 3.36. The molecule has 0 amide bonds. The number of hydrogen-bond donors (Lipinski definition) is 1. The maximum absolute atomic E-state index is 6.06. The summed E-state index contributed by atoms with van der Waals surface area (Å²) in [4.78, 5) is 8.92. The van der Waals surface area contributed by atoms with Gasteiger partial charge >= 0.3 is 0 Å². The van der Waals surface area contributed by atoms with Crippen LogP contribution >= 0.6 is 11.6 Å². The largest absolute Gasteiger partial charge is 0.315 e. The lowest BCUT2D eigenvalue weighted by Crippen LogP contribution is -2.32. The standard InChI is InChI=1S/C15H16ClN3.C2H6/c1-3-8-11(4-2)13-17-14(19-15(16)18-13)12-9-6-5-7-10-12;1-2/h3-10,14H,1-2H3,(H,17,18,19);1-2H3/b8-3-,11-4+;. The van der Waals surface area contributed by atoms with Crippen LogP contribution in [0, 0.1) is 0 Å². The van der Waals surface area contributed by atoms with Gasteiger partial charge in [-0.2, -0.15) is 0 Å². The predicted molar refractivity (Wildman–Crippen MR) is 93.0 cm³/mol. The van der Waals surface area contributed by atoms with E-state index in [2.05, 4.69) is 15.3 Å². The van der Waals surface area contributed by atoms with Gasteiger partial charge < -0.3 is 5.32 Å². The summed E-state index contributed by atoms with van der Waals surface area (Å²) in [7, 11) is 0. The zero-order valence-electron chi connectivity index (χ0n) is 13.0. The Kier molecular flexibility index (Phi) is 7.48. The lowest BCUT2D eigenvalue weighted by Gasteiger charge is -2.19. The number of allylic oxidation sites excluding steroid dienone is 2. The van der Waals surface area contributed by atoms with E-state index in [-0.39, 0.29) is 6.17 Å². The molecule has 1 heterocycles. The molecule has 2 rings (SSSR count). The molecule has 0 spiro atoms. The average molecular weight is 304 g/mol. The van der Waals surface area contributed by atoms with Gasteiger partial charge in [0, 0.05) is 5.57 Å². The summed E-state index contributed by atoms with van der Waals surface area (Å²) in [6, 6.07) is 9.90. The van der Waals surface area contributed by atoms with Crippen molar-refractivity contribution in [2.45, 2.75) is 33.9 Å². The Morgan fingerprint density at radius 3 is 2.38 bits per heavy atom. The van der Waals surface area contributed by atoms with Gasteiger partial charge in [0.15, 0.2) is 11.5 Å². The van der Waals surface area contributed by atoms with Crippen molar-refractivity contribution in [1.29, 1.82) is 0 Å². The van der Waals surface area contributed by atoms with Crippen LogP contribution in [0.2, 0.25) is 0 Å². The molecule has 0 saturated heterocycles. The third-order valence-corrected chi connectivity index (χ3v) is 2.93. The minimum Gasteiger partial charge on any atom is -0.315 e. The lowest BCUT2D eigenvalue weighted by molar-refractivity contribution is 0.760. The highest BCUT2D eigenvalue weighted by molar-refractivity contribution is 6.66. The molecule has 1 aliphatic rings. The van der Waals surface area contributed by atoms with Crippen molar-refractivity contribution in [2.75, 3.05) is 0 Å². The maximum atomic E-state index is 6.06. The van der Waals surface area contributed by atoms with E-state index in [1.807, 2.05) is 76.3 Å². The first kappa shape index (κ1) is 17.2. The van der Waals surface area contributed by atoms with Gasteiger partial charge in [-0.1, -0.05) is 62.4 Å². The molecule has 1 atom stereocenters. The summed E-state index contributed by atoms with van der Waals surface area (Å²) in [5.41, 5.74) is 2.02. The van der Waals surface area contributed by atoms with Gasteiger partial charge in [0.1, 0.15) is 5.84 Å². The highest BCUT2D eigenvalue weighted by Crippen LogP contribution is 2.22. The number of aliphatic imine (C=N–C) groups is 2. The SMILES string of the molecule is C/C=C\C(=C/C)C1=NC(c2ccccc2)N=C(Cl)N1.CC. The van der Waals surface area contributed by atoms with Gasteiger partial charge in [-0.25, -0.2) is 9.98 Å². The monoisotopic (exact) mass is 303 g/mol. The zero-order valence-corrected chi connectivity index (χ0v) is 13.7. The molecule has 0 aromatic heterocycles. The van der Waals surface area contributed by atoms with Gasteiger partial charge in [0.25, 0.3) is 0 Å². The van der Waals surface area contributed by atoms with Gasteiger partial charge in [0.05, 0.1) is 0 Å². The first-order valence-electron chi connectivity index (χ1n) is 7.17. The maximum Gasteiger partial charge on any atom is 0.199 e. The van der Waals surface area contributed by atoms with Crippen LogP contribution in [-0.4, -0.2) is 11.1 Å². The summed E-state index contributed by atoms with van der Waals surface area (Å²) < 4.78 is 0. The van der Waals surface area contributed by atoms with E-state index in [1.165, 1.54) is 0 Å². The number of rotatable bonds is 3. The Morgan fingerprint density at radius 2 is 1.81 bits per heavy atom. The van der Waals surface area contributed by atoms with Gasteiger partial charge in [-0.05, 0) is 31.0 Å². The summed E-state index contributed by atoms with van der Waals surface area (Å²) in [5.74, 6) is 0.745. The van der Waals surface area contributed by atoms with Gasteiger partial charge in [-0.3, -0.25) is 0 Å². The Balaban J connectivity index is 0.00000106. The molecule has 1 N–H and O–H groups in total. The van der Waals surface area contributed by atoms with Gasteiger partial charge in [-0.15, -0.1) is 0 Å². The molecule has 0 bridgehead atoms. The molecule has 112 valence electrons. The van der Waals surface area contributed by atoms with E-state index in [1.54, 1.807) is 0 Å². The second-order valence-corrected chi connectivity index (χ2v) is 4.41. The molecule has 1 aromatic carbocycles. The van der Waals surface area contributed by atoms with Gasteiger partial charge in [0.2, 0.25) is 0 Å². The molecular weight excluding hydrogens is 282 g/mol. The number of benzene rings is 1. The molecule has 0 radical (unpaired) electrons. The third-order valence-electron chi connectivity index (χ3n) is 2.74. The molecule has 0 saturated carbocycles. The normalized spacial score (nSPS) is 18.3. The molecule has 0 aliphatic carbocycles. The minimum atomic E-state index is -0.287. The number of nitrogens with zero attached hydrogens (tertiary/aromatic N) is 2. The Labute approximate surface area is 132 Å². The van der Waals surface area contributed by atoms with Crippen molar-refractivity contribution in [1.82, 2.24) is 5.32 Å². The minimum absolute atomic E-state index is 0.287. The van der Waals surface area contributed by atoms with Crippen LogP contribution in [0.15, 0.2) is 64.1 Å². The van der Waals surface area contributed by atoms with Crippen LogP contribution in [0.4, 0.5) is 0 Å². The van der Waals surface area contributed by atoms with E-state index in [0.29, 0.717) is 5.29 Å². The molecular formula is C17H22ClN3. The highest BCUT2D eigenvalue weighted by Gasteiger charge is 2.18.